The van der Waals surface area contributed by atoms with Crippen molar-refractivity contribution in [3.05, 3.63) is 29.3 Å². The Hall–Kier alpha value is -2.25. The minimum Gasteiger partial charge on any atom is -0.465 e. The number of halogens is 1. The van der Waals surface area contributed by atoms with Gasteiger partial charge in [-0.1, -0.05) is 17.7 Å². The summed E-state index contributed by atoms with van der Waals surface area (Å²) < 4.78 is 34.4. The van der Waals surface area contributed by atoms with Crippen LogP contribution < -0.4 is 4.72 Å². The number of thiophene rings is 1. The van der Waals surface area contributed by atoms with Gasteiger partial charge < -0.3 is 14.5 Å². The number of sulfonamides is 1. The monoisotopic (exact) mass is 556 g/mol. The van der Waals surface area contributed by atoms with Gasteiger partial charge in [-0.25, -0.2) is 8.42 Å². The molecule has 1 aromatic carbocycles. The lowest BCUT2D eigenvalue weighted by Gasteiger charge is -2.37. The number of carbonyl (C=O) groups is 3. The zero-order chi connectivity index (χ0) is 25.9. The van der Waals surface area contributed by atoms with Crippen molar-refractivity contribution >= 4 is 60.8 Å². The number of fused-ring (bicyclic) bond motifs is 1. The highest BCUT2D eigenvalue weighted by molar-refractivity contribution is 7.91. The molecule has 2 amide bonds. The van der Waals surface area contributed by atoms with Crippen LogP contribution in [0.15, 0.2) is 28.5 Å². The third-order valence-electron chi connectivity index (χ3n) is 6.26. The molecule has 10 nitrogen and oxygen atoms in total. The molecule has 196 valence electrons. The standard InChI is InChI=1S/C23H29ClN4O6S2/c1-2-34-21(30)15-26-8-10-27(11-9-26)20(29)14-28-7-3-4-18(23(28)31)25-36(32,33)22-12-16-5-6-17(24)13-19(16)35-22/h5-6,12-13,18,25H,2-4,7-11,14-15H2,1H3/t18-/m0/s1. The van der Waals surface area contributed by atoms with E-state index < -0.39 is 22.0 Å². The van der Waals surface area contributed by atoms with E-state index in [1.807, 2.05) is 4.90 Å². The molecule has 0 saturated carbocycles. The van der Waals surface area contributed by atoms with Crippen molar-refractivity contribution in [1.82, 2.24) is 19.4 Å². The normalized spacial score (nSPS) is 19.6. The Bertz CT molecular complexity index is 1240. The van der Waals surface area contributed by atoms with Crippen LogP contribution in [0.3, 0.4) is 0 Å². The van der Waals surface area contributed by atoms with Crippen LogP contribution in [0.2, 0.25) is 5.02 Å². The van der Waals surface area contributed by atoms with Crippen LogP contribution in [0.1, 0.15) is 19.8 Å². The molecule has 0 spiro atoms. The highest BCUT2D eigenvalue weighted by atomic mass is 35.5. The molecule has 0 radical (unpaired) electrons. The summed E-state index contributed by atoms with van der Waals surface area (Å²) in [6, 6.07) is 5.79. The number of nitrogens with one attached hydrogen (secondary N) is 1. The first-order valence-electron chi connectivity index (χ1n) is 11.8. The number of piperazine rings is 1. The average Bonchev–Trinajstić information content (AvgIpc) is 3.26. The lowest BCUT2D eigenvalue weighted by molar-refractivity contribution is -0.146. The minimum atomic E-state index is -3.92. The smallest absolute Gasteiger partial charge is 0.320 e. The molecule has 2 aliphatic heterocycles. The van der Waals surface area contributed by atoms with Crippen molar-refractivity contribution in [3.63, 3.8) is 0 Å². The van der Waals surface area contributed by atoms with Gasteiger partial charge >= 0.3 is 5.97 Å². The lowest BCUT2D eigenvalue weighted by Crippen LogP contribution is -2.56. The van der Waals surface area contributed by atoms with E-state index in [1.54, 1.807) is 36.1 Å². The van der Waals surface area contributed by atoms with E-state index in [0.717, 1.165) is 21.4 Å². The largest absolute Gasteiger partial charge is 0.465 e. The summed E-state index contributed by atoms with van der Waals surface area (Å²) in [6.07, 6.45) is 0.952. The molecule has 1 aromatic heterocycles. The first kappa shape index (κ1) is 26.8. The van der Waals surface area contributed by atoms with Crippen LogP contribution in [0.25, 0.3) is 10.1 Å². The van der Waals surface area contributed by atoms with Crippen molar-refractivity contribution in [1.29, 1.82) is 0 Å². The predicted molar refractivity (Wildman–Crippen MR) is 136 cm³/mol. The third kappa shape index (κ3) is 6.35. The van der Waals surface area contributed by atoms with Gasteiger partial charge in [0.1, 0.15) is 10.3 Å². The molecular formula is C23H29ClN4O6S2. The molecule has 36 heavy (non-hydrogen) atoms. The Balaban J connectivity index is 1.33. The van der Waals surface area contributed by atoms with Gasteiger partial charge in [0, 0.05) is 42.4 Å². The number of esters is 1. The minimum absolute atomic E-state index is 0.101. The second kappa shape index (κ2) is 11.4. The maximum Gasteiger partial charge on any atom is 0.320 e. The number of hydrogen-bond acceptors (Lipinski definition) is 8. The van der Waals surface area contributed by atoms with E-state index in [0.29, 0.717) is 57.2 Å². The fourth-order valence-corrected chi connectivity index (χ4v) is 7.29. The molecule has 0 bridgehead atoms. The van der Waals surface area contributed by atoms with Crippen molar-refractivity contribution < 1.29 is 27.5 Å². The average molecular weight is 557 g/mol. The van der Waals surface area contributed by atoms with Crippen molar-refractivity contribution in [2.24, 2.45) is 0 Å². The maximum atomic E-state index is 13.1. The summed E-state index contributed by atoms with van der Waals surface area (Å²) in [5, 5.41) is 1.28. The summed E-state index contributed by atoms with van der Waals surface area (Å²) in [5.41, 5.74) is 0. The molecule has 4 rings (SSSR count). The molecule has 2 aromatic rings. The molecule has 2 saturated heterocycles. The van der Waals surface area contributed by atoms with E-state index in [1.165, 1.54) is 4.90 Å². The van der Waals surface area contributed by atoms with Crippen molar-refractivity contribution in [2.45, 2.75) is 30.0 Å². The predicted octanol–water partition coefficient (Wildman–Crippen LogP) is 1.53. The zero-order valence-corrected chi connectivity index (χ0v) is 22.3. The van der Waals surface area contributed by atoms with E-state index >= 15 is 0 Å². The summed E-state index contributed by atoms with van der Waals surface area (Å²) in [5.74, 6) is -0.878. The van der Waals surface area contributed by atoms with Crippen LogP contribution in [-0.2, 0) is 29.1 Å². The van der Waals surface area contributed by atoms with Crippen LogP contribution in [0, 0.1) is 0 Å². The molecule has 1 atom stereocenters. The van der Waals surface area contributed by atoms with Crippen LogP contribution in [0.4, 0.5) is 0 Å². The van der Waals surface area contributed by atoms with E-state index in [-0.39, 0.29) is 29.2 Å². The summed E-state index contributed by atoms with van der Waals surface area (Å²) in [6.45, 7) is 4.56. The van der Waals surface area contributed by atoms with Gasteiger partial charge in [0.05, 0.1) is 19.7 Å². The fourth-order valence-electron chi connectivity index (χ4n) is 4.37. The highest BCUT2D eigenvalue weighted by Crippen LogP contribution is 2.31. The Labute approximate surface area is 219 Å². The maximum absolute atomic E-state index is 13.1. The third-order valence-corrected chi connectivity index (χ3v) is 9.54. The second-order valence-electron chi connectivity index (χ2n) is 8.79. The quantitative estimate of drug-likeness (QED) is 0.490. The van der Waals surface area contributed by atoms with Gasteiger partial charge in [-0.2, -0.15) is 4.72 Å². The number of carbonyl (C=O) groups excluding carboxylic acids is 3. The van der Waals surface area contributed by atoms with Gasteiger partial charge in [0.15, 0.2) is 0 Å². The van der Waals surface area contributed by atoms with Crippen molar-refractivity contribution in [2.75, 3.05) is 52.4 Å². The Morgan fingerprint density at radius 1 is 1.14 bits per heavy atom. The number of amides is 2. The first-order valence-corrected chi connectivity index (χ1v) is 14.5. The van der Waals surface area contributed by atoms with Gasteiger partial charge in [-0.05, 0) is 43.4 Å². The molecule has 2 aliphatic rings. The molecular weight excluding hydrogens is 528 g/mol. The zero-order valence-electron chi connectivity index (χ0n) is 19.9. The number of hydrogen-bond donors (Lipinski definition) is 1. The van der Waals surface area contributed by atoms with E-state index in [2.05, 4.69) is 4.72 Å². The molecule has 3 heterocycles. The molecule has 13 heteroatoms. The summed E-state index contributed by atoms with van der Waals surface area (Å²) in [4.78, 5) is 42.6. The molecule has 2 fully saturated rings. The van der Waals surface area contributed by atoms with Crippen molar-refractivity contribution in [3.8, 4) is 0 Å². The molecule has 0 aliphatic carbocycles. The Kier molecular flexibility index (Phi) is 8.51. The summed E-state index contributed by atoms with van der Waals surface area (Å²) >= 11 is 7.10. The topological polar surface area (TPSA) is 116 Å². The number of ether oxygens (including phenoxy) is 1. The number of likely N-dealkylation sites (tertiary alicyclic amines) is 1. The van der Waals surface area contributed by atoms with E-state index in [4.69, 9.17) is 16.3 Å². The van der Waals surface area contributed by atoms with Gasteiger partial charge in [-0.15, -0.1) is 11.3 Å². The lowest BCUT2D eigenvalue weighted by atomic mass is 10.1. The Morgan fingerprint density at radius 3 is 2.61 bits per heavy atom. The SMILES string of the molecule is CCOC(=O)CN1CCN(C(=O)CN2CCC[C@H](NS(=O)(=O)c3cc4ccc(Cl)cc4s3)C2=O)CC1. The first-order chi connectivity index (χ1) is 17.2. The van der Waals surface area contributed by atoms with Crippen LogP contribution >= 0.6 is 22.9 Å². The Morgan fingerprint density at radius 2 is 1.89 bits per heavy atom. The van der Waals surface area contributed by atoms with Gasteiger partial charge in [-0.3, -0.25) is 19.3 Å². The van der Waals surface area contributed by atoms with Crippen LogP contribution in [0.5, 0.6) is 0 Å². The van der Waals surface area contributed by atoms with E-state index in [9.17, 15) is 22.8 Å². The molecule has 1 N–H and O–H groups in total. The highest BCUT2D eigenvalue weighted by Gasteiger charge is 2.35. The number of benzene rings is 1. The molecule has 0 unspecified atom stereocenters. The van der Waals surface area contributed by atoms with Crippen LogP contribution in [-0.4, -0.2) is 99.4 Å². The van der Waals surface area contributed by atoms with Gasteiger partial charge in [0.2, 0.25) is 11.8 Å². The number of nitrogens with zero attached hydrogens (tertiary/aromatic N) is 3. The fraction of sp³-hybridized carbons (Fsp3) is 0.522. The number of rotatable bonds is 8. The van der Waals surface area contributed by atoms with Gasteiger partial charge in [0.25, 0.3) is 10.0 Å². The summed E-state index contributed by atoms with van der Waals surface area (Å²) in [7, 11) is -3.92. The number of piperidine rings is 1. The second-order valence-corrected chi connectivity index (χ2v) is 12.2.